The fourth-order valence-corrected chi connectivity index (χ4v) is 6.60. The number of hydrogen-bond acceptors (Lipinski definition) is 7. The van der Waals surface area contributed by atoms with Gasteiger partial charge in [0.25, 0.3) is 5.69 Å². The smallest absolute Gasteiger partial charge is 0.346 e. The molecule has 1 aromatic rings. The molecule has 4 heterocycles. The van der Waals surface area contributed by atoms with Gasteiger partial charge in [0.15, 0.2) is 5.79 Å². The Morgan fingerprint density at radius 3 is 2.23 bits per heavy atom. The third-order valence-electron chi connectivity index (χ3n) is 6.20. The molecule has 4 fully saturated rings. The Hall–Kier alpha value is -1.55. The second-order valence-electron chi connectivity index (χ2n) is 8.25. The van der Waals surface area contributed by atoms with Crippen molar-refractivity contribution in [2.45, 2.75) is 31.7 Å². The van der Waals surface area contributed by atoms with Crippen molar-refractivity contribution in [2.75, 3.05) is 57.4 Å². The number of nitrogens with zero attached hydrogens (tertiary/aromatic N) is 4. The molecule has 0 amide bonds. The van der Waals surface area contributed by atoms with Crippen LogP contribution in [0.2, 0.25) is 0 Å². The third-order valence-corrected chi connectivity index (χ3v) is 9.02. The highest BCUT2D eigenvalue weighted by Crippen LogP contribution is 2.63. The SMILES string of the molecule is CC(OP(=O)(N1CC1)N1CC1)c1ccc([N+](=O)[O-])c(N2CCC3(CC2)OCCO3)c1. The maximum atomic E-state index is 13.3. The van der Waals surface area contributed by atoms with Crippen LogP contribution in [-0.4, -0.2) is 72.5 Å². The molecule has 1 aromatic carbocycles. The van der Waals surface area contributed by atoms with Gasteiger partial charge in [0, 0.05) is 58.2 Å². The van der Waals surface area contributed by atoms with E-state index in [1.165, 1.54) is 6.07 Å². The second-order valence-corrected chi connectivity index (χ2v) is 10.6. The summed E-state index contributed by atoms with van der Waals surface area (Å²) < 4.78 is 34.7. The number of ether oxygens (including phenoxy) is 2. The van der Waals surface area contributed by atoms with Crippen LogP contribution in [0.5, 0.6) is 0 Å². The Kier molecular flexibility index (Phi) is 5.12. The molecular weight excluding hydrogens is 411 g/mol. The minimum atomic E-state index is -2.97. The van der Waals surface area contributed by atoms with Crippen molar-refractivity contribution < 1.29 is 23.5 Å². The van der Waals surface area contributed by atoms with Crippen molar-refractivity contribution in [3.8, 4) is 0 Å². The molecule has 0 N–H and O–H groups in total. The van der Waals surface area contributed by atoms with Crippen LogP contribution in [0.3, 0.4) is 0 Å². The zero-order valence-corrected chi connectivity index (χ0v) is 18.0. The number of nitro groups is 1. The van der Waals surface area contributed by atoms with Crippen LogP contribution in [0.15, 0.2) is 18.2 Å². The van der Waals surface area contributed by atoms with Gasteiger partial charge in [-0.05, 0) is 24.6 Å². The maximum Gasteiger partial charge on any atom is 0.346 e. The topological polar surface area (TPSA) is 97.2 Å². The molecule has 4 aliphatic heterocycles. The lowest BCUT2D eigenvalue weighted by Crippen LogP contribution is -2.45. The average molecular weight is 438 g/mol. The molecule has 4 saturated heterocycles. The number of piperidine rings is 1. The highest BCUT2D eigenvalue weighted by atomic mass is 31.2. The van der Waals surface area contributed by atoms with E-state index in [0.29, 0.717) is 44.8 Å². The lowest BCUT2D eigenvalue weighted by Gasteiger charge is -2.38. The van der Waals surface area contributed by atoms with Gasteiger partial charge < -0.3 is 14.4 Å². The number of hydrogen-bond donors (Lipinski definition) is 0. The Balaban J connectivity index is 1.36. The summed E-state index contributed by atoms with van der Waals surface area (Å²) in [7, 11) is -2.97. The zero-order valence-electron chi connectivity index (χ0n) is 17.1. The Labute approximate surface area is 175 Å². The monoisotopic (exact) mass is 438 g/mol. The van der Waals surface area contributed by atoms with E-state index in [2.05, 4.69) is 0 Å². The minimum absolute atomic E-state index is 0.0650. The summed E-state index contributed by atoms with van der Waals surface area (Å²) in [6, 6.07) is 5.04. The van der Waals surface area contributed by atoms with E-state index in [1.807, 2.05) is 27.2 Å². The van der Waals surface area contributed by atoms with Crippen LogP contribution in [0.1, 0.15) is 31.4 Å². The van der Waals surface area contributed by atoms with Gasteiger partial charge >= 0.3 is 7.67 Å². The van der Waals surface area contributed by atoms with E-state index in [9.17, 15) is 14.7 Å². The molecule has 11 heteroatoms. The molecule has 1 spiro atoms. The van der Waals surface area contributed by atoms with Crippen LogP contribution in [-0.2, 0) is 18.6 Å². The van der Waals surface area contributed by atoms with Gasteiger partial charge in [0.2, 0.25) is 0 Å². The number of rotatable bonds is 7. The van der Waals surface area contributed by atoms with E-state index in [4.69, 9.17) is 14.0 Å². The predicted molar refractivity (Wildman–Crippen MR) is 109 cm³/mol. The summed E-state index contributed by atoms with van der Waals surface area (Å²) in [6.07, 6.45) is 0.897. The number of anilines is 1. The predicted octanol–water partition coefficient (Wildman–Crippen LogP) is 2.76. The molecule has 1 unspecified atom stereocenters. The highest BCUT2D eigenvalue weighted by Gasteiger charge is 2.50. The van der Waals surface area contributed by atoms with Gasteiger partial charge in [0.05, 0.1) is 24.2 Å². The Morgan fingerprint density at radius 1 is 1.10 bits per heavy atom. The van der Waals surface area contributed by atoms with E-state index < -0.39 is 19.6 Å². The molecule has 1 atom stereocenters. The van der Waals surface area contributed by atoms with Crippen molar-refractivity contribution >= 4 is 19.0 Å². The molecule has 0 saturated carbocycles. The van der Waals surface area contributed by atoms with E-state index in [-0.39, 0.29) is 10.6 Å². The second kappa shape index (κ2) is 7.55. The quantitative estimate of drug-likeness (QED) is 0.275. The van der Waals surface area contributed by atoms with Crippen molar-refractivity contribution in [3.63, 3.8) is 0 Å². The average Bonchev–Trinajstić information content (AvgIpc) is 3.66. The van der Waals surface area contributed by atoms with Crippen LogP contribution in [0.25, 0.3) is 0 Å². The van der Waals surface area contributed by atoms with Gasteiger partial charge in [-0.3, -0.25) is 19.2 Å². The van der Waals surface area contributed by atoms with Gasteiger partial charge in [-0.2, -0.15) is 0 Å². The first-order valence-electron chi connectivity index (χ1n) is 10.5. The zero-order chi connectivity index (χ0) is 20.9. The molecule has 0 radical (unpaired) electrons. The fourth-order valence-electron chi connectivity index (χ4n) is 4.25. The summed E-state index contributed by atoms with van der Waals surface area (Å²) >= 11 is 0. The normalized spacial score (nSPS) is 24.9. The molecule has 0 aromatic heterocycles. The molecule has 5 rings (SSSR count). The summed E-state index contributed by atoms with van der Waals surface area (Å²) in [5, 5.41) is 11.7. The van der Waals surface area contributed by atoms with Crippen LogP contribution in [0.4, 0.5) is 11.4 Å². The van der Waals surface area contributed by atoms with E-state index in [1.54, 1.807) is 6.07 Å². The van der Waals surface area contributed by atoms with Crippen LogP contribution >= 0.6 is 7.67 Å². The van der Waals surface area contributed by atoms with Crippen LogP contribution < -0.4 is 4.90 Å². The lowest BCUT2D eigenvalue weighted by atomic mass is 10.0. The summed E-state index contributed by atoms with van der Waals surface area (Å²) in [6.45, 7) is 7.40. The fraction of sp³-hybridized carbons (Fsp3) is 0.684. The largest absolute Gasteiger partial charge is 0.366 e. The minimum Gasteiger partial charge on any atom is -0.366 e. The van der Waals surface area contributed by atoms with Gasteiger partial charge in [0.1, 0.15) is 5.69 Å². The molecule has 30 heavy (non-hydrogen) atoms. The maximum absolute atomic E-state index is 13.3. The first-order valence-corrected chi connectivity index (χ1v) is 12.0. The van der Waals surface area contributed by atoms with Crippen molar-refractivity contribution in [2.24, 2.45) is 0 Å². The summed E-state index contributed by atoms with van der Waals surface area (Å²) in [5.74, 6) is -0.538. The lowest BCUT2D eigenvalue weighted by molar-refractivity contribution is -0.384. The van der Waals surface area contributed by atoms with Gasteiger partial charge in [-0.25, -0.2) is 9.34 Å². The summed E-state index contributed by atoms with van der Waals surface area (Å²) in [4.78, 5) is 13.3. The van der Waals surface area contributed by atoms with Crippen molar-refractivity contribution in [1.29, 1.82) is 0 Å². The van der Waals surface area contributed by atoms with E-state index >= 15 is 0 Å². The molecule has 0 aliphatic carbocycles. The first kappa shape index (κ1) is 20.4. The molecule has 164 valence electrons. The van der Waals surface area contributed by atoms with E-state index in [0.717, 1.165) is 31.7 Å². The molecule has 4 aliphatic rings. The Morgan fingerprint density at radius 2 is 1.70 bits per heavy atom. The third kappa shape index (κ3) is 3.77. The number of nitro benzene ring substituents is 1. The molecule has 0 bridgehead atoms. The highest BCUT2D eigenvalue weighted by molar-refractivity contribution is 7.54. The first-order chi connectivity index (χ1) is 14.4. The van der Waals surface area contributed by atoms with Crippen LogP contribution in [0, 0.1) is 10.1 Å². The Bertz CT molecular complexity index is 858. The molecular formula is C19H27N4O6P. The standard InChI is InChI=1S/C19H27N4O6P/c1-15(29-30(26,21-8-9-21)22-10-11-22)16-2-3-17(23(24)25)18(14-16)20-6-4-19(5-7-20)27-12-13-28-19/h2-3,14-15H,4-13H2,1H3. The van der Waals surface area contributed by atoms with Gasteiger partial charge in [-0.15, -0.1) is 0 Å². The summed E-state index contributed by atoms with van der Waals surface area (Å²) in [5.41, 5.74) is 1.41. The number of benzene rings is 1. The van der Waals surface area contributed by atoms with Crippen molar-refractivity contribution in [3.05, 3.63) is 33.9 Å². The van der Waals surface area contributed by atoms with Gasteiger partial charge in [-0.1, -0.05) is 0 Å². The molecule has 10 nitrogen and oxygen atoms in total. The van der Waals surface area contributed by atoms with Crippen molar-refractivity contribution in [1.82, 2.24) is 9.34 Å².